The van der Waals surface area contributed by atoms with E-state index in [9.17, 15) is 9.59 Å². The first-order valence-corrected chi connectivity index (χ1v) is 10.6. The van der Waals surface area contributed by atoms with Crippen LogP contribution in [0.15, 0.2) is 60.7 Å². The smallest absolute Gasteiger partial charge is 0.331 e. The van der Waals surface area contributed by atoms with Crippen LogP contribution in [-0.2, 0) is 19.1 Å². The van der Waals surface area contributed by atoms with Crippen molar-refractivity contribution in [3.05, 3.63) is 71.8 Å². The Hall–Kier alpha value is -2.14. The molecule has 5 heteroatoms. The SMILES string of the molecule is CCC[C@H](OC(=O)C(Br)C(=O)O[C@@H](CCC)c1ccccc1)c1ccccc1. The zero-order valence-corrected chi connectivity index (χ0v) is 17.9. The highest BCUT2D eigenvalue weighted by Crippen LogP contribution is 2.27. The van der Waals surface area contributed by atoms with Crippen molar-refractivity contribution in [2.24, 2.45) is 0 Å². The monoisotopic (exact) mass is 446 g/mol. The standard InChI is InChI=1S/C23H27BrO4/c1-3-11-19(17-13-7-5-8-14-17)27-22(25)21(24)23(26)28-20(12-4-2)18-15-9-6-10-16-18/h5-10,13-16,19-21H,3-4,11-12H2,1-2H3/t19-,20-/m0/s1. The number of hydrogen-bond donors (Lipinski definition) is 0. The quantitative estimate of drug-likeness (QED) is 0.258. The Balaban J connectivity index is 2.03. The minimum Gasteiger partial charge on any atom is -0.456 e. The van der Waals surface area contributed by atoms with E-state index >= 15 is 0 Å². The van der Waals surface area contributed by atoms with Crippen LogP contribution in [0.4, 0.5) is 0 Å². The van der Waals surface area contributed by atoms with Gasteiger partial charge in [-0.15, -0.1) is 0 Å². The molecule has 0 fully saturated rings. The van der Waals surface area contributed by atoms with Crippen LogP contribution in [0.25, 0.3) is 0 Å². The molecular formula is C23H27BrO4. The highest BCUT2D eigenvalue weighted by Gasteiger charge is 2.31. The maximum Gasteiger partial charge on any atom is 0.331 e. The third-order valence-electron chi connectivity index (χ3n) is 4.38. The molecule has 0 aliphatic heterocycles. The maximum atomic E-state index is 12.5. The molecule has 0 saturated heterocycles. The lowest BCUT2D eigenvalue weighted by molar-refractivity contribution is -0.159. The normalized spacial score (nSPS) is 13.0. The summed E-state index contributed by atoms with van der Waals surface area (Å²) >= 11 is 3.16. The average molecular weight is 447 g/mol. The number of halogens is 1. The summed E-state index contributed by atoms with van der Waals surface area (Å²) in [6.07, 6.45) is 2.33. The Morgan fingerprint density at radius 1 is 0.750 bits per heavy atom. The summed E-state index contributed by atoms with van der Waals surface area (Å²) in [5.41, 5.74) is 1.83. The Labute approximate surface area is 175 Å². The zero-order valence-electron chi connectivity index (χ0n) is 16.3. The molecule has 2 rings (SSSR count). The molecule has 28 heavy (non-hydrogen) atoms. The van der Waals surface area contributed by atoms with Crippen molar-refractivity contribution in [3.8, 4) is 0 Å². The average Bonchev–Trinajstić information content (AvgIpc) is 2.73. The second-order valence-electron chi connectivity index (χ2n) is 6.61. The molecule has 4 nitrogen and oxygen atoms in total. The fourth-order valence-corrected chi connectivity index (χ4v) is 3.16. The van der Waals surface area contributed by atoms with Crippen molar-refractivity contribution in [2.75, 3.05) is 0 Å². The molecule has 0 radical (unpaired) electrons. The molecule has 0 spiro atoms. The number of benzene rings is 2. The van der Waals surface area contributed by atoms with Crippen molar-refractivity contribution < 1.29 is 19.1 Å². The van der Waals surface area contributed by atoms with Crippen LogP contribution in [0.1, 0.15) is 62.9 Å². The summed E-state index contributed by atoms with van der Waals surface area (Å²) in [6.45, 7) is 4.05. The van der Waals surface area contributed by atoms with Crippen molar-refractivity contribution in [2.45, 2.75) is 56.6 Å². The number of carbonyl (C=O) groups is 2. The largest absolute Gasteiger partial charge is 0.456 e. The van der Waals surface area contributed by atoms with Gasteiger partial charge in [0.15, 0.2) is 0 Å². The lowest BCUT2D eigenvalue weighted by Crippen LogP contribution is -2.30. The number of ether oxygens (including phenoxy) is 2. The summed E-state index contributed by atoms with van der Waals surface area (Å²) in [4.78, 5) is 23.9. The molecule has 2 aromatic carbocycles. The number of alkyl halides is 1. The predicted molar refractivity (Wildman–Crippen MR) is 113 cm³/mol. The first kappa shape index (κ1) is 22.2. The van der Waals surface area contributed by atoms with Gasteiger partial charge in [0.05, 0.1) is 0 Å². The lowest BCUT2D eigenvalue weighted by Gasteiger charge is -2.21. The summed E-state index contributed by atoms with van der Waals surface area (Å²) in [6, 6.07) is 19.1. The van der Waals surface area contributed by atoms with E-state index in [-0.39, 0.29) is 12.2 Å². The van der Waals surface area contributed by atoms with E-state index in [0.717, 1.165) is 24.0 Å². The van der Waals surface area contributed by atoms with Gasteiger partial charge in [-0.25, -0.2) is 0 Å². The fourth-order valence-electron chi connectivity index (χ4n) is 2.94. The number of esters is 2. The summed E-state index contributed by atoms with van der Waals surface area (Å²) < 4.78 is 11.2. The predicted octanol–water partition coefficient (Wildman–Crippen LogP) is 5.92. The van der Waals surface area contributed by atoms with Crippen LogP contribution in [0.5, 0.6) is 0 Å². The van der Waals surface area contributed by atoms with Gasteiger partial charge in [0, 0.05) is 0 Å². The van der Waals surface area contributed by atoms with Gasteiger partial charge in [-0.05, 0) is 24.0 Å². The molecule has 0 N–H and O–H groups in total. The van der Waals surface area contributed by atoms with E-state index in [0.29, 0.717) is 12.8 Å². The Bertz CT molecular complexity index is 669. The van der Waals surface area contributed by atoms with E-state index in [1.807, 2.05) is 74.5 Å². The third-order valence-corrected chi connectivity index (χ3v) is 5.12. The van der Waals surface area contributed by atoms with E-state index in [2.05, 4.69) is 15.9 Å². The van der Waals surface area contributed by atoms with Crippen LogP contribution < -0.4 is 0 Å². The molecule has 0 saturated carbocycles. The summed E-state index contributed by atoms with van der Waals surface area (Å²) in [7, 11) is 0. The third kappa shape index (κ3) is 6.48. The fraction of sp³-hybridized carbons (Fsp3) is 0.391. The zero-order chi connectivity index (χ0) is 20.4. The van der Waals surface area contributed by atoms with Crippen LogP contribution in [0.3, 0.4) is 0 Å². The minimum absolute atomic E-state index is 0.382. The number of carbonyl (C=O) groups excluding carboxylic acids is 2. The molecule has 0 aliphatic carbocycles. The van der Waals surface area contributed by atoms with Gasteiger partial charge in [0.25, 0.3) is 0 Å². The van der Waals surface area contributed by atoms with E-state index < -0.39 is 16.8 Å². The van der Waals surface area contributed by atoms with E-state index in [1.54, 1.807) is 0 Å². The van der Waals surface area contributed by atoms with Crippen molar-refractivity contribution >= 4 is 27.9 Å². The Kier molecular flexibility index (Phi) is 9.21. The van der Waals surface area contributed by atoms with Gasteiger partial charge in [0.1, 0.15) is 12.2 Å². The molecule has 0 heterocycles. The summed E-state index contributed by atoms with van der Waals surface area (Å²) in [5, 5.41) is 0. The van der Waals surface area contributed by atoms with Crippen LogP contribution in [-0.4, -0.2) is 16.8 Å². The highest BCUT2D eigenvalue weighted by atomic mass is 79.9. The molecule has 2 atom stereocenters. The lowest BCUT2D eigenvalue weighted by atomic mass is 10.1. The molecule has 150 valence electrons. The Morgan fingerprint density at radius 3 is 1.43 bits per heavy atom. The van der Waals surface area contributed by atoms with Gasteiger partial charge < -0.3 is 9.47 Å². The minimum atomic E-state index is -1.15. The number of rotatable bonds is 10. The molecule has 0 bridgehead atoms. The molecule has 0 aromatic heterocycles. The van der Waals surface area contributed by atoms with Gasteiger partial charge >= 0.3 is 11.9 Å². The number of hydrogen-bond acceptors (Lipinski definition) is 4. The van der Waals surface area contributed by atoms with Crippen LogP contribution in [0, 0.1) is 0 Å². The van der Waals surface area contributed by atoms with Crippen molar-refractivity contribution in [1.82, 2.24) is 0 Å². The van der Waals surface area contributed by atoms with E-state index in [4.69, 9.17) is 9.47 Å². The molecule has 2 aromatic rings. The molecule has 0 unspecified atom stereocenters. The van der Waals surface area contributed by atoms with E-state index in [1.165, 1.54) is 0 Å². The molecule has 0 aliphatic rings. The molecular weight excluding hydrogens is 420 g/mol. The maximum absolute atomic E-state index is 12.5. The van der Waals surface area contributed by atoms with Gasteiger partial charge in [-0.2, -0.15) is 0 Å². The van der Waals surface area contributed by atoms with Crippen LogP contribution >= 0.6 is 15.9 Å². The van der Waals surface area contributed by atoms with Crippen molar-refractivity contribution in [3.63, 3.8) is 0 Å². The van der Waals surface area contributed by atoms with Gasteiger partial charge in [-0.1, -0.05) is 103 Å². The van der Waals surface area contributed by atoms with Crippen molar-refractivity contribution in [1.29, 1.82) is 0 Å². The topological polar surface area (TPSA) is 52.6 Å². The second kappa shape index (κ2) is 11.6. The summed E-state index contributed by atoms with van der Waals surface area (Å²) in [5.74, 6) is -1.26. The second-order valence-corrected chi connectivity index (χ2v) is 7.53. The first-order valence-electron chi connectivity index (χ1n) is 9.71. The Morgan fingerprint density at radius 2 is 1.11 bits per heavy atom. The molecule has 0 amide bonds. The van der Waals surface area contributed by atoms with Gasteiger partial charge in [0.2, 0.25) is 4.83 Å². The van der Waals surface area contributed by atoms with Gasteiger partial charge in [-0.3, -0.25) is 9.59 Å². The highest BCUT2D eigenvalue weighted by molar-refractivity contribution is 9.10. The van der Waals surface area contributed by atoms with Crippen LogP contribution in [0.2, 0.25) is 0 Å². The first-order chi connectivity index (χ1) is 13.6.